The standard InChI is InChI=1S/C14H18N4OS/c19-14(15-3-4-18-5-7-20-8-6-18)11-1-2-12-10-16-17-13(12)9-11/h1-2,9-10H,3-8H2,(H,15,19)(H,16,17). The first-order valence-corrected chi connectivity index (χ1v) is 8.00. The van der Waals surface area contributed by atoms with Crippen LogP contribution in [0.5, 0.6) is 0 Å². The second-order valence-electron chi connectivity index (χ2n) is 4.88. The van der Waals surface area contributed by atoms with Gasteiger partial charge in [0.15, 0.2) is 0 Å². The Morgan fingerprint density at radius 2 is 2.25 bits per heavy atom. The van der Waals surface area contributed by atoms with Gasteiger partial charge in [-0.2, -0.15) is 16.9 Å². The number of fused-ring (bicyclic) bond motifs is 1. The zero-order chi connectivity index (χ0) is 13.8. The van der Waals surface area contributed by atoms with Gasteiger partial charge in [0.05, 0.1) is 11.7 Å². The molecule has 0 bridgehead atoms. The summed E-state index contributed by atoms with van der Waals surface area (Å²) in [7, 11) is 0. The number of benzene rings is 1. The highest BCUT2D eigenvalue weighted by Gasteiger charge is 2.11. The quantitative estimate of drug-likeness (QED) is 0.892. The fraction of sp³-hybridized carbons (Fsp3) is 0.429. The minimum Gasteiger partial charge on any atom is -0.351 e. The van der Waals surface area contributed by atoms with Crippen LogP contribution in [0, 0.1) is 0 Å². The van der Waals surface area contributed by atoms with Crippen LogP contribution in [-0.2, 0) is 0 Å². The minimum atomic E-state index is -0.0205. The lowest BCUT2D eigenvalue weighted by atomic mass is 10.1. The molecule has 0 atom stereocenters. The monoisotopic (exact) mass is 290 g/mol. The van der Waals surface area contributed by atoms with E-state index in [0.717, 1.165) is 30.5 Å². The van der Waals surface area contributed by atoms with Crippen molar-refractivity contribution in [2.24, 2.45) is 0 Å². The van der Waals surface area contributed by atoms with E-state index in [0.29, 0.717) is 12.1 Å². The molecule has 2 heterocycles. The van der Waals surface area contributed by atoms with Crippen molar-refractivity contribution in [1.29, 1.82) is 0 Å². The van der Waals surface area contributed by atoms with Crippen molar-refractivity contribution < 1.29 is 4.79 Å². The van der Waals surface area contributed by atoms with Gasteiger partial charge in [-0.1, -0.05) is 6.07 Å². The normalized spacial score (nSPS) is 16.4. The summed E-state index contributed by atoms with van der Waals surface area (Å²) >= 11 is 2.00. The SMILES string of the molecule is O=C(NCCN1CCSCC1)c1ccc2cn[nH]c2c1. The summed E-state index contributed by atoms with van der Waals surface area (Å²) in [6.07, 6.45) is 1.76. The molecule has 20 heavy (non-hydrogen) atoms. The molecule has 5 nitrogen and oxygen atoms in total. The molecule has 0 saturated carbocycles. The van der Waals surface area contributed by atoms with Crippen LogP contribution in [0.2, 0.25) is 0 Å². The molecule has 1 aliphatic heterocycles. The van der Waals surface area contributed by atoms with Crippen molar-refractivity contribution in [2.45, 2.75) is 0 Å². The van der Waals surface area contributed by atoms with Crippen LogP contribution in [0.15, 0.2) is 24.4 Å². The number of aromatic nitrogens is 2. The third kappa shape index (κ3) is 3.13. The van der Waals surface area contributed by atoms with Gasteiger partial charge in [-0.15, -0.1) is 0 Å². The van der Waals surface area contributed by atoms with Gasteiger partial charge >= 0.3 is 0 Å². The van der Waals surface area contributed by atoms with Crippen LogP contribution < -0.4 is 5.32 Å². The maximum Gasteiger partial charge on any atom is 0.251 e. The highest BCUT2D eigenvalue weighted by Crippen LogP contribution is 2.12. The maximum atomic E-state index is 12.1. The Balaban J connectivity index is 1.53. The molecule has 1 fully saturated rings. The predicted molar refractivity (Wildman–Crippen MR) is 82.2 cm³/mol. The molecule has 1 aliphatic rings. The summed E-state index contributed by atoms with van der Waals surface area (Å²) in [6, 6.07) is 5.59. The Bertz CT molecular complexity index is 592. The Kier molecular flexibility index (Phi) is 4.22. The number of carbonyl (C=O) groups is 1. The Hall–Kier alpha value is -1.53. The first-order chi connectivity index (χ1) is 9.83. The fourth-order valence-electron chi connectivity index (χ4n) is 2.33. The molecule has 1 amide bonds. The summed E-state index contributed by atoms with van der Waals surface area (Å²) in [5, 5.41) is 10.8. The van der Waals surface area contributed by atoms with Gasteiger partial charge in [-0.25, -0.2) is 0 Å². The van der Waals surface area contributed by atoms with E-state index in [1.807, 2.05) is 30.0 Å². The van der Waals surface area contributed by atoms with Gasteiger partial charge in [-0.05, 0) is 12.1 Å². The van der Waals surface area contributed by atoms with Gasteiger partial charge in [-0.3, -0.25) is 14.8 Å². The number of nitrogens with zero attached hydrogens (tertiary/aromatic N) is 2. The third-order valence-corrected chi connectivity index (χ3v) is 4.46. The van der Waals surface area contributed by atoms with Gasteiger partial charge in [0.1, 0.15) is 0 Å². The Labute approximate surface area is 122 Å². The lowest BCUT2D eigenvalue weighted by Crippen LogP contribution is -2.39. The van der Waals surface area contributed by atoms with E-state index in [1.54, 1.807) is 6.20 Å². The van der Waals surface area contributed by atoms with Crippen molar-refractivity contribution in [1.82, 2.24) is 20.4 Å². The Morgan fingerprint density at radius 1 is 1.40 bits per heavy atom. The second kappa shape index (κ2) is 6.28. The number of hydrogen-bond donors (Lipinski definition) is 2. The maximum absolute atomic E-state index is 12.1. The van der Waals surface area contributed by atoms with E-state index in [1.165, 1.54) is 11.5 Å². The van der Waals surface area contributed by atoms with E-state index >= 15 is 0 Å². The molecule has 3 rings (SSSR count). The van der Waals surface area contributed by atoms with E-state index in [2.05, 4.69) is 20.4 Å². The van der Waals surface area contributed by atoms with E-state index in [4.69, 9.17) is 0 Å². The van der Waals surface area contributed by atoms with Crippen molar-refractivity contribution in [3.63, 3.8) is 0 Å². The number of aromatic amines is 1. The van der Waals surface area contributed by atoms with Crippen LogP contribution in [0.3, 0.4) is 0 Å². The number of rotatable bonds is 4. The number of carbonyl (C=O) groups excluding carboxylic acids is 1. The van der Waals surface area contributed by atoms with Crippen molar-refractivity contribution in [3.05, 3.63) is 30.0 Å². The van der Waals surface area contributed by atoms with Crippen LogP contribution >= 0.6 is 11.8 Å². The molecule has 1 aromatic heterocycles. The Morgan fingerprint density at radius 3 is 3.10 bits per heavy atom. The molecule has 1 aromatic carbocycles. The third-order valence-electron chi connectivity index (χ3n) is 3.52. The largest absolute Gasteiger partial charge is 0.351 e. The predicted octanol–water partition coefficient (Wildman–Crippen LogP) is 1.34. The molecule has 106 valence electrons. The van der Waals surface area contributed by atoms with Crippen molar-refractivity contribution in [2.75, 3.05) is 37.7 Å². The summed E-state index contributed by atoms with van der Waals surface area (Å²) < 4.78 is 0. The number of H-pyrrole nitrogens is 1. The van der Waals surface area contributed by atoms with E-state index in [9.17, 15) is 4.79 Å². The summed E-state index contributed by atoms with van der Waals surface area (Å²) in [6.45, 7) is 3.88. The summed E-state index contributed by atoms with van der Waals surface area (Å²) in [5.41, 5.74) is 1.57. The van der Waals surface area contributed by atoms with Crippen molar-refractivity contribution >= 4 is 28.6 Å². The molecule has 1 saturated heterocycles. The summed E-state index contributed by atoms with van der Waals surface area (Å²) in [4.78, 5) is 14.5. The van der Waals surface area contributed by atoms with Gasteiger partial charge < -0.3 is 5.32 Å². The average Bonchev–Trinajstić information content (AvgIpc) is 2.95. The average molecular weight is 290 g/mol. The van der Waals surface area contributed by atoms with Crippen molar-refractivity contribution in [3.8, 4) is 0 Å². The molecule has 6 heteroatoms. The van der Waals surface area contributed by atoms with Crippen LogP contribution in [0.4, 0.5) is 0 Å². The topological polar surface area (TPSA) is 61.0 Å². The van der Waals surface area contributed by atoms with Crippen LogP contribution in [-0.4, -0.2) is 58.7 Å². The highest BCUT2D eigenvalue weighted by atomic mass is 32.2. The first-order valence-electron chi connectivity index (χ1n) is 6.84. The smallest absolute Gasteiger partial charge is 0.251 e. The molecular formula is C14H18N4OS. The lowest BCUT2D eigenvalue weighted by molar-refractivity contribution is 0.0949. The zero-order valence-corrected chi connectivity index (χ0v) is 12.1. The van der Waals surface area contributed by atoms with Gasteiger partial charge in [0.25, 0.3) is 5.91 Å². The molecule has 0 spiro atoms. The number of hydrogen-bond acceptors (Lipinski definition) is 4. The molecule has 0 aliphatic carbocycles. The second-order valence-corrected chi connectivity index (χ2v) is 6.11. The first kappa shape index (κ1) is 13.5. The molecule has 0 radical (unpaired) electrons. The number of amides is 1. The van der Waals surface area contributed by atoms with Crippen LogP contribution in [0.1, 0.15) is 10.4 Å². The zero-order valence-electron chi connectivity index (χ0n) is 11.3. The number of nitrogens with one attached hydrogen (secondary N) is 2. The molecule has 0 unspecified atom stereocenters. The van der Waals surface area contributed by atoms with Gasteiger partial charge in [0.2, 0.25) is 0 Å². The fourth-order valence-corrected chi connectivity index (χ4v) is 3.31. The van der Waals surface area contributed by atoms with E-state index < -0.39 is 0 Å². The minimum absolute atomic E-state index is 0.0205. The molecule has 2 aromatic rings. The molecule has 2 N–H and O–H groups in total. The lowest BCUT2D eigenvalue weighted by Gasteiger charge is -2.25. The number of thioether (sulfide) groups is 1. The highest BCUT2D eigenvalue weighted by molar-refractivity contribution is 7.99. The van der Waals surface area contributed by atoms with Gasteiger partial charge in [0, 0.05) is 48.6 Å². The summed E-state index contributed by atoms with van der Waals surface area (Å²) in [5.74, 6) is 2.38. The molecular weight excluding hydrogens is 272 g/mol. The van der Waals surface area contributed by atoms with E-state index in [-0.39, 0.29) is 5.91 Å². The van der Waals surface area contributed by atoms with Crippen LogP contribution in [0.25, 0.3) is 10.9 Å².